The highest BCUT2D eigenvalue weighted by molar-refractivity contribution is 7.22. The molecule has 30 heavy (non-hydrogen) atoms. The zero-order valence-corrected chi connectivity index (χ0v) is 20.1. The fourth-order valence-electron chi connectivity index (χ4n) is 3.39. The molecule has 1 amide bonds. The van der Waals surface area contributed by atoms with E-state index < -0.39 is 0 Å². The molecule has 2 aromatic heterocycles. The molecule has 2 heterocycles. The van der Waals surface area contributed by atoms with Gasteiger partial charge in [0.25, 0.3) is 5.91 Å². The van der Waals surface area contributed by atoms with Gasteiger partial charge in [0.05, 0.1) is 11.8 Å². The second-order valence-corrected chi connectivity index (χ2v) is 8.05. The first-order valence-electron chi connectivity index (χ1n) is 9.88. The Morgan fingerprint density at radius 2 is 1.87 bits per heavy atom. The molecule has 0 saturated carbocycles. The van der Waals surface area contributed by atoms with E-state index in [1.807, 2.05) is 32.3 Å². The standard InChI is InChI=1S/C21H29N5O2S.ClH/c1-7-25(8-2)11-12-26(20(27)17-15(4)13-24(5)23-17)21-22-18-16(28-6)10-9-14(3)19(18)29-21;/h9-10,13H,7-8,11-12H2,1-6H3;1H. The van der Waals surface area contributed by atoms with E-state index in [-0.39, 0.29) is 18.3 Å². The van der Waals surface area contributed by atoms with Crippen LogP contribution < -0.4 is 9.64 Å². The molecule has 0 aliphatic carbocycles. The molecule has 164 valence electrons. The summed E-state index contributed by atoms with van der Waals surface area (Å²) in [6.45, 7) is 11.4. The highest BCUT2D eigenvalue weighted by Crippen LogP contribution is 2.36. The number of aromatic nitrogens is 3. The second-order valence-electron chi connectivity index (χ2n) is 7.08. The third-order valence-corrected chi connectivity index (χ3v) is 6.35. The number of benzene rings is 1. The van der Waals surface area contributed by atoms with Gasteiger partial charge in [-0.15, -0.1) is 12.4 Å². The SMILES string of the molecule is CCN(CC)CCN(C(=O)c1nn(C)cc1C)c1nc2c(OC)ccc(C)c2s1.Cl. The molecule has 0 radical (unpaired) electrons. The lowest BCUT2D eigenvalue weighted by Gasteiger charge is -2.24. The lowest BCUT2D eigenvalue weighted by atomic mass is 10.2. The van der Waals surface area contributed by atoms with E-state index in [1.54, 1.807) is 16.7 Å². The van der Waals surface area contributed by atoms with Crippen molar-refractivity contribution in [2.75, 3.05) is 38.2 Å². The molecule has 0 aliphatic heterocycles. The van der Waals surface area contributed by atoms with E-state index in [0.717, 1.165) is 46.7 Å². The number of rotatable bonds is 8. The smallest absolute Gasteiger partial charge is 0.280 e. The number of likely N-dealkylation sites (N-methyl/N-ethyl adjacent to an activating group) is 1. The number of ether oxygens (including phenoxy) is 1. The Morgan fingerprint density at radius 3 is 2.43 bits per heavy atom. The van der Waals surface area contributed by atoms with E-state index in [0.29, 0.717) is 17.4 Å². The molecule has 0 N–H and O–H groups in total. The quantitative estimate of drug-likeness (QED) is 0.516. The van der Waals surface area contributed by atoms with Gasteiger partial charge in [-0.1, -0.05) is 31.3 Å². The van der Waals surface area contributed by atoms with Gasteiger partial charge in [0.1, 0.15) is 11.3 Å². The lowest BCUT2D eigenvalue weighted by Crippen LogP contribution is -2.39. The first-order valence-corrected chi connectivity index (χ1v) is 10.7. The first-order chi connectivity index (χ1) is 13.9. The van der Waals surface area contributed by atoms with Crippen LogP contribution in [0, 0.1) is 13.8 Å². The average Bonchev–Trinajstić information content (AvgIpc) is 3.29. The zero-order valence-electron chi connectivity index (χ0n) is 18.4. The molecule has 0 spiro atoms. The number of amides is 1. The Hall–Kier alpha value is -2.16. The number of aryl methyl sites for hydroxylation is 3. The summed E-state index contributed by atoms with van der Waals surface area (Å²) in [5.74, 6) is 0.601. The number of halogens is 1. The summed E-state index contributed by atoms with van der Waals surface area (Å²) >= 11 is 1.52. The summed E-state index contributed by atoms with van der Waals surface area (Å²) in [5.41, 5.74) is 3.25. The summed E-state index contributed by atoms with van der Waals surface area (Å²) < 4.78 is 8.21. The van der Waals surface area contributed by atoms with Gasteiger partial charge in [-0.2, -0.15) is 5.10 Å². The average molecular weight is 452 g/mol. The molecule has 3 aromatic rings. The van der Waals surface area contributed by atoms with Crippen LogP contribution in [0.3, 0.4) is 0 Å². The van der Waals surface area contributed by atoms with Crippen LogP contribution >= 0.6 is 23.7 Å². The van der Waals surface area contributed by atoms with E-state index in [1.165, 1.54) is 11.3 Å². The van der Waals surface area contributed by atoms with Crippen molar-refractivity contribution < 1.29 is 9.53 Å². The largest absolute Gasteiger partial charge is 0.494 e. The number of hydrogen-bond donors (Lipinski definition) is 0. The Bertz CT molecular complexity index is 1010. The molecule has 0 aliphatic rings. The summed E-state index contributed by atoms with van der Waals surface area (Å²) in [5, 5.41) is 5.07. The van der Waals surface area contributed by atoms with Crippen LogP contribution in [-0.2, 0) is 7.05 Å². The summed E-state index contributed by atoms with van der Waals surface area (Å²) in [4.78, 5) is 22.3. The maximum atomic E-state index is 13.5. The van der Waals surface area contributed by atoms with Crippen LogP contribution in [0.4, 0.5) is 5.13 Å². The molecule has 0 atom stereocenters. The molecule has 0 unspecified atom stereocenters. The van der Waals surface area contributed by atoms with Gasteiger partial charge in [0, 0.05) is 31.9 Å². The van der Waals surface area contributed by atoms with Gasteiger partial charge in [0.15, 0.2) is 10.8 Å². The van der Waals surface area contributed by atoms with Gasteiger partial charge >= 0.3 is 0 Å². The second kappa shape index (κ2) is 10.2. The highest BCUT2D eigenvalue weighted by atomic mass is 35.5. The highest BCUT2D eigenvalue weighted by Gasteiger charge is 2.26. The Balaban J connectivity index is 0.00000320. The van der Waals surface area contributed by atoms with E-state index in [4.69, 9.17) is 9.72 Å². The Labute approximate surface area is 188 Å². The van der Waals surface area contributed by atoms with Gasteiger partial charge in [-0.25, -0.2) is 4.98 Å². The minimum Gasteiger partial charge on any atom is -0.494 e. The number of hydrogen-bond acceptors (Lipinski definition) is 6. The van der Waals surface area contributed by atoms with Crippen LogP contribution in [0.25, 0.3) is 10.2 Å². The Kier molecular flexibility index (Phi) is 8.23. The van der Waals surface area contributed by atoms with Crippen LogP contribution in [0.5, 0.6) is 5.75 Å². The van der Waals surface area contributed by atoms with Gasteiger partial charge < -0.3 is 9.64 Å². The minimum absolute atomic E-state index is 0. The molecule has 0 bridgehead atoms. The molecular formula is C21H30ClN5O2S. The van der Waals surface area contributed by atoms with Crippen LogP contribution in [-0.4, -0.2) is 58.9 Å². The van der Waals surface area contributed by atoms with Crippen LogP contribution in [0.1, 0.15) is 35.5 Å². The Morgan fingerprint density at radius 1 is 1.17 bits per heavy atom. The monoisotopic (exact) mass is 451 g/mol. The number of thiazole rings is 1. The number of anilines is 1. The molecule has 9 heteroatoms. The van der Waals surface area contributed by atoms with E-state index in [9.17, 15) is 4.79 Å². The van der Waals surface area contributed by atoms with Crippen molar-refractivity contribution >= 4 is 45.0 Å². The molecule has 1 aromatic carbocycles. The molecular weight excluding hydrogens is 422 g/mol. The third-order valence-electron chi connectivity index (χ3n) is 5.14. The van der Waals surface area contributed by atoms with Gasteiger partial charge in [0.2, 0.25) is 0 Å². The molecule has 3 rings (SSSR count). The van der Waals surface area contributed by atoms with Crippen molar-refractivity contribution in [1.82, 2.24) is 19.7 Å². The summed E-state index contributed by atoms with van der Waals surface area (Å²) in [6, 6.07) is 3.94. The van der Waals surface area contributed by atoms with Gasteiger partial charge in [-0.05, 0) is 38.6 Å². The number of methoxy groups -OCH3 is 1. The molecule has 7 nitrogen and oxygen atoms in total. The van der Waals surface area contributed by atoms with Crippen LogP contribution in [0.2, 0.25) is 0 Å². The predicted octanol–water partition coefficient (Wildman–Crippen LogP) is 4.07. The first kappa shape index (κ1) is 24.1. The van der Waals surface area contributed by atoms with E-state index in [2.05, 4.69) is 30.8 Å². The van der Waals surface area contributed by atoms with Crippen LogP contribution in [0.15, 0.2) is 18.3 Å². The topological polar surface area (TPSA) is 63.5 Å². The lowest BCUT2D eigenvalue weighted by molar-refractivity contribution is 0.0977. The molecule has 0 fully saturated rings. The van der Waals surface area contributed by atoms with Crippen molar-refractivity contribution in [2.24, 2.45) is 7.05 Å². The maximum absolute atomic E-state index is 13.5. The minimum atomic E-state index is -0.120. The van der Waals surface area contributed by atoms with Crippen molar-refractivity contribution in [3.8, 4) is 5.75 Å². The third kappa shape index (κ3) is 4.77. The number of fused-ring (bicyclic) bond motifs is 1. The molecule has 0 saturated heterocycles. The fourth-order valence-corrected chi connectivity index (χ4v) is 4.47. The van der Waals surface area contributed by atoms with E-state index >= 15 is 0 Å². The number of nitrogens with zero attached hydrogens (tertiary/aromatic N) is 5. The van der Waals surface area contributed by atoms with Crippen molar-refractivity contribution in [2.45, 2.75) is 27.7 Å². The normalized spacial score (nSPS) is 11.0. The van der Waals surface area contributed by atoms with Crippen molar-refractivity contribution in [3.63, 3.8) is 0 Å². The van der Waals surface area contributed by atoms with Crippen molar-refractivity contribution in [1.29, 1.82) is 0 Å². The predicted molar refractivity (Wildman–Crippen MR) is 126 cm³/mol. The maximum Gasteiger partial charge on any atom is 0.280 e. The zero-order chi connectivity index (χ0) is 21.1. The summed E-state index contributed by atoms with van der Waals surface area (Å²) in [7, 11) is 3.47. The number of carbonyl (C=O) groups excluding carboxylic acids is 1. The fraction of sp³-hybridized carbons (Fsp3) is 0.476. The van der Waals surface area contributed by atoms with Gasteiger partial charge in [-0.3, -0.25) is 14.4 Å². The van der Waals surface area contributed by atoms with Crippen molar-refractivity contribution in [3.05, 3.63) is 35.2 Å². The number of carbonyl (C=O) groups is 1. The summed E-state index contributed by atoms with van der Waals surface area (Å²) in [6.07, 6.45) is 1.86.